The standard InChI is InChI=1S/C15H19NO4/c17-14(18)11-4-3-5-12-13(11)20-9-8-16(12)10-15(19)6-1-2-7-15/h3-5,19H,1-2,6-10H2,(H,17,18). The van der Waals surface area contributed by atoms with Gasteiger partial charge in [0.2, 0.25) is 0 Å². The Morgan fingerprint density at radius 1 is 1.35 bits per heavy atom. The summed E-state index contributed by atoms with van der Waals surface area (Å²) in [7, 11) is 0. The van der Waals surface area contributed by atoms with Crippen LogP contribution in [0.3, 0.4) is 0 Å². The first-order valence-electron chi connectivity index (χ1n) is 7.05. The first kappa shape index (κ1) is 13.2. The van der Waals surface area contributed by atoms with Gasteiger partial charge in [0.25, 0.3) is 0 Å². The molecule has 0 unspecified atom stereocenters. The molecule has 108 valence electrons. The molecule has 20 heavy (non-hydrogen) atoms. The number of anilines is 1. The number of nitrogens with zero attached hydrogens (tertiary/aromatic N) is 1. The van der Waals surface area contributed by atoms with Gasteiger partial charge < -0.3 is 19.8 Å². The number of aromatic carboxylic acids is 1. The van der Waals surface area contributed by atoms with Gasteiger partial charge in [0.05, 0.1) is 17.8 Å². The molecule has 0 aromatic heterocycles. The van der Waals surface area contributed by atoms with E-state index in [9.17, 15) is 15.0 Å². The molecule has 5 nitrogen and oxygen atoms in total. The maximum absolute atomic E-state index is 11.2. The predicted molar refractivity (Wildman–Crippen MR) is 74.5 cm³/mol. The number of rotatable bonds is 3. The molecule has 0 radical (unpaired) electrons. The summed E-state index contributed by atoms with van der Waals surface area (Å²) < 4.78 is 5.54. The highest BCUT2D eigenvalue weighted by atomic mass is 16.5. The van der Waals surface area contributed by atoms with E-state index in [4.69, 9.17) is 4.74 Å². The monoisotopic (exact) mass is 277 g/mol. The summed E-state index contributed by atoms with van der Waals surface area (Å²) in [6, 6.07) is 5.14. The van der Waals surface area contributed by atoms with Gasteiger partial charge in [-0.3, -0.25) is 0 Å². The first-order chi connectivity index (χ1) is 9.59. The summed E-state index contributed by atoms with van der Waals surface area (Å²) in [4.78, 5) is 13.3. The van der Waals surface area contributed by atoms with Crippen molar-refractivity contribution in [3.8, 4) is 5.75 Å². The quantitative estimate of drug-likeness (QED) is 0.883. The molecule has 1 heterocycles. The van der Waals surface area contributed by atoms with Gasteiger partial charge in [-0.2, -0.15) is 0 Å². The molecule has 1 fully saturated rings. The van der Waals surface area contributed by atoms with E-state index in [-0.39, 0.29) is 5.56 Å². The number of hydrogen-bond acceptors (Lipinski definition) is 4. The smallest absolute Gasteiger partial charge is 0.339 e. The molecule has 1 saturated carbocycles. The molecular formula is C15H19NO4. The molecule has 3 rings (SSSR count). The molecule has 0 spiro atoms. The predicted octanol–water partition coefficient (Wildman–Crippen LogP) is 1.89. The van der Waals surface area contributed by atoms with E-state index in [1.807, 2.05) is 6.07 Å². The van der Waals surface area contributed by atoms with Gasteiger partial charge in [0.15, 0.2) is 5.75 Å². The largest absolute Gasteiger partial charge is 0.489 e. The van der Waals surface area contributed by atoms with Crippen LogP contribution >= 0.6 is 0 Å². The summed E-state index contributed by atoms with van der Waals surface area (Å²) in [6.45, 7) is 1.68. The van der Waals surface area contributed by atoms with Crippen molar-refractivity contribution < 1.29 is 19.7 Å². The minimum atomic E-state index is -0.983. The molecule has 2 aliphatic rings. The molecule has 0 atom stereocenters. The van der Waals surface area contributed by atoms with Gasteiger partial charge in [0, 0.05) is 6.54 Å². The fourth-order valence-electron chi connectivity index (χ4n) is 3.18. The van der Waals surface area contributed by atoms with Crippen LogP contribution in [0.5, 0.6) is 5.75 Å². The van der Waals surface area contributed by atoms with Crippen molar-refractivity contribution in [1.82, 2.24) is 0 Å². The van der Waals surface area contributed by atoms with Crippen LogP contribution in [-0.2, 0) is 0 Å². The third-order valence-electron chi connectivity index (χ3n) is 4.19. The lowest BCUT2D eigenvalue weighted by Crippen LogP contribution is -2.44. The SMILES string of the molecule is O=C(O)c1cccc2c1OCCN2CC1(O)CCCC1. The van der Waals surface area contributed by atoms with Gasteiger partial charge >= 0.3 is 5.97 Å². The van der Waals surface area contributed by atoms with Crippen LogP contribution in [0.1, 0.15) is 36.0 Å². The van der Waals surface area contributed by atoms with Crippen LogP contribution in [0.2, 0.25) is 0 Å². The zero-order chi connectivity index (χ0) is 14.2. The Morgan fingerprint density at radius 3 is 2.80 bits per heavy atom. The molecule has 1 aliphatic heterocycles. The van der Waals surface area contributed by atoms with E-state index < -0.39 is 11.6 Å². The fourth-order valence-corrected chi connectivity index (χ4v) is 3.18. The second-order valence-corrected chi connectivity index (χ2v) is 5.66. The lowest BCUT2D eigenvalue weighted by molar-refractivity contribution is 0.0533. The molecule has 0 amide bonds. The maximum Gasteiger partial charge on any atom is 0.339 e. The molecule has 1 aromatic carbocycles. The summed E-state index contributed by atoms with van der Waals surface area (Å²) in [6.07, 6.45) is 3.75. The highest BCUT2D eigenvalue weighted by molar-refractivity contribution is 5.93. The Balaban J connectivity index is 1.90. The lowest BCUT2D eigenvalue weighted by atomic mass is 10.0. The number of β-amino-alcohol motifs (C(OH)–C–C–N with tert-alkyl or cyclic N) is 1. The van der Waals surface area contributed by atoms with E-state index in [1.54, 1.807) is 12.1 Å². The van der Waals surface area contributed by atoms with Gasteiger partial charge in [-0.1, -0.05) is 18.9 Å². The molecule has 1 aromatic rings. The van der Waals surface area contributed by atoms with Gasteiger partial charge in [-0.15, -0.1) is 0 Å². The van der Waals surface area contributed by atoms with Crippen molar-refractivity contribution in [2.24, 2.45) is 0 Å². The lowest BCUT2D eigenvalue weighted by Gasteiger charge is -2.36. The van der Waals surface area contributed by atoms with Crippen LogP contribution in [0.4, 0.5) is 5.69 Å². The summed E-state index contributed by atoms with van der Waals surface area (Å²) >= 11 is 0. The van der Waals surface area contributed by atoms with Crippen molar-refractivity contribution >= 4 is 11.7 Å². The topological polar surface area (TPSA) is 70.0 Å². The molecule has 0 bridgehead atoms. The zero-order valence-corrected chi connectivity index (χ0v) is 11.3. The number of carboxylic acid groups (broad SMARTS) is 1. The van der Waals surface area contributed by atoms with Crippen molar-refractivity contribution in [3.63, 3.8) is 0 Å². The second kappa shape index (κ2) is 4.98. The van der Waals surface area contributed by atoms with Crippen LogP contribution in [-0.4, -0.2) is 41.5 Å². The average Bonchev–Trinajstić information content (AvgIpc) is 2.85. The first-order valence-corrected chi connectivity index (χ1v) is 7.05. The van der Waals surface area contributed by atoms with E-state index in [1.165, 1.54) is 0 Å². The highest BCUT2D eigenvalue weighted by Gasteiger charge is 2.35. The molecule has 1 aliphatic carbocycles. The Bertz CT molecular complexity index is 523. The molecule has 2 N–H and O–H groups in total. The van der Waals surface area contributed by atoms with Crippen LogP contribution < -0.4 is 9.64 Å². The minimum absolute atomic E-state index is 0.186. The number of ether oxygens (including phenoxy) is 1. The van der Waals surface area contributed by atoms with E-state index in [2.05, 4.69) is 4.90 Å². The van der Waals surface area contributed by atoms with Gasteiger partial charge in [-0.05, 0) is 25.0 Å². The van der Waals surface area contributed by atoms with Crippen LogP contribution in [0, 0.1) is 0 Å². The van der Waals surface area contributed by atoms with E-state index >= 15 is 0 Å². The number of aliphatic hydroxyl groups is 1. The van der Waals surface area contributed by atoms with Crippen molar-refractivity contribution in [2.75, 3.05) is 24.6 Å². The Labute approximate surface area is 117 Å². The number of para-hydroxylation sites is 1. The van der Waals surface area contributed by atoms with E-state index in [0.29, 0.717) is 25.4 Å². The highest BCUT2D eigenvalue weighted by Crippen LogP contribution is 2.38. The average molecular weight is 277 g/mol. The Kier molecular flexibility index (Phi) is 3.30. The fraction of sp³-hybridized carbons (Fsp3) is 0.533. The molecule has 0 saturated heterocycles. The maximum atomic E-state index is 11.2. The second-order valence-electron chi connectivity index (χ2n) is 5.66. The summed E-state index contributed by atoms with van der Waals surface area (Å²) in [5.41, 5.74) is 0.315. The molecular weight excluding hydrogens is 258 g/mol. The third kappa shape index (κ3) is 2.33. The van der Waals surface area contributed by atoms with Gasteiger partial charge in [-0.25, -0.2) is 4.79 Å². The number of fused-ring (bicyclic) bond motifs is 1. The van der Waals surface area contributed by atoms with Crippen LogP contribution in [0.25, 0.3) is 0 Å². The normalized spacial score (nSPS) is 20.4. The number of hydrogen-bond donors (Lipinski definition) is 2. The minimum Gasteiger partial charge on any atom is -0.489 e. The zero-order valence-electron chi connectivity index (χ0n) is 11.3. The van der Waals surface area contributed by atoms with Crippen molar-refractivity contribution in [1.29, 1.82) is 0 Å². The summed E-state index contributed by atoms with van der Waals surface area (Å²) in [5, 5.41) is 19.8. The number of carbonyl (C=O) groups is 1. The Hall–Kier alpha value is -1.75. The number of benzene rings is 1. The van der Waals surface area contributed by atoms with Crippen LogP contribution in [0.15, 0.2) is 18.2 Å². The van der Waals surface area contributed by atoms with Gasteiger partial charge in [0.1, 0.15) is 12.2 Å². The van der Waals surface area contributed by atoms with Crippen molar-refractivity contribution in [3.05, 3.63) is 23.8 Å². The third-order valence-corrected chi connectivity index (χ3v) is 4.19. The van der Waals surface area contributed by atoms with E-state index in [0.717, 1.165) is 31.4 Å². The summed E-state index contributed by atoms with van der Waals surface area (Å²) in [5.74, 6) is -0.559. The van der Waals surface area contributed by atoms with Crippen molar-refractivity contribution in [2.45, 2.75) is 31.3 Å². The number of carboxylic acids is 1. The Morgan fingerprint density at radius 2 is 2.10 bits per heavy atom. The molecule has 5 heteroatoms.